The second-order valence-electron chi connectivity index (χ2n) is 2.95. The molecule has 0 bridgehead atoms. The van der Waals surface area contributed by atoms with E-state index in [9.17, 15) is 0 Å². The largest absolute Gasteiger partial charge is 0.396 e. The predicted octanol–water partition coefficient (Wildman–Crippen LogP) is 0.496. The zero-order valence-corrected chi connectivity index (χ0v) is 5.71. The summed E-state index contributed by atoms with van der Waals surface area (Å²) in [5.74, 6) is 0.713. The van der Waals surface area contributed by atoms with Crippen LogP contribution in [0, 0.1) is 5.92 Å². The molecule has 1 aliphatic carbocycles. The zero-order chi connectivity index (χ0) is 6.69. The van der Waals surface area contributed by atoms with E-state index in [2.05, 4.69) is 0 Å². The van der Waals surface area contributed by atoms with Gasteiger partial charge in [0.15, 0.2) is 0 Å². The summed E-state index contributed by atoms with van der Waals surface area (Å²) >= 11 is 0. The molecule has 9 heavy (non-hydrogen) atoms. The molecule has 1 aliphatic rings. The van der Waals surface area contributed by atoms with E-state index in [0.29, 0.717) is 18.6 Å². The molecule has 0 radical (unpaired) electrons. The highest BCUT2D eigenvalue weighted by molar-refractivity contribution is 4.77. The van der Waals surface area contributed by atoms with Gasteiger partial charge in [-0.05, 0) is 31.6 Å². The van der Waals surface area contributed by atoms with Gasteiger partial charge in [0.2, 0.25) is 0 Å². The second kappa shape index (κ2) is 3.18. The minimum atomic E-state index is 0.331. The highest BCUT2D eigenvalue weighted by Crippen LogP contribution is 2.26. The number of aliphatic hydroxyl groups is 1. The quantitative estimate of drug-likeness (QED) is 0.570. The third-order valence-corrected chi connectivity index (χ3v) is 2.12. The van der Waals surface area contributed by atoms with Gasteiger partial charge in [0.25, 0.3) is 0 Å². The van der Waals surface area contributed by atoms with Crippen LogP contribution in [-0.2, 0) is 0 Å². The molecule has 0 aromatic heterocycles. The van der Waals surface area contributed by atoms with Crippen molar-refractivity contribution in [2.24, 2.45) is 11.7 Å². The van der Waals surface area contributed by atoms with Crippen LogP contribution < -0.4 is 5.73 Å². The van der Waals surface area contributed by atoms with Crippen LogP contribution in [0.1, 0.15) is 25.7 Å². The highest BCUT2D eigenvalue weighted by atomic mass is 16.3. The van der Waals surface area contributed by atoms with Gasteiger partial charge in [-0.15, -0.1) is 0 Å². The lowest BCUT2D eigenvalue weighted by Gasteiger charge is -2.04. The van der Waals surface area contributed by atoms with Gasteiger partial charge in [-0.25, -0.2) is 0 Å². The first kappa shape index (κ1) is 7.03. The number of aliphatic hydroxyl groups excluding tert-OH is 1. The van der Waals surface area contributed by atoms with Crippen molar-refractivity contribution in [3.05, 3.63) is 0 Å². The number of nitrogens with two attached hydrogens (primary N) is 1. The van der Waals surface area contributed by atoms with Gasteiger partial charge in [-0.2, -0.15) is 0 Å². The molecule has 0 unspecified atom stereocenters. The Kier molecular flexibility index (Phi) is 2.49. The van der Waals surface area contributed by atoms with Crippen LogP contribution in [0.5, 0.6) is 0 Å². The Morgan fingerprint density at radius 1 is 1.44 bits per heavy atom. The Morgan fingerprint density at radius 2 is 2.22 bits per heavy atom. The van der Waals surface area contributed by atoms with E-state index in [1.54, 1.807) is 0 Å². The Labute approximate surface area is 56.1 Å². The number of hydrogen-bond acceptors (Lipinski definition) is 2. The van der Waals surface area contributed by atoms with Gasteiger partial charge in [0.05, 0.1) is 0 Å². The van der Waals surface area contributed by atoms with Crippen LogP contribution in [-0.4, -0.2) is 17.8 Å². The molecule has 1 saturated carbocycles. The minimum Gasteiger partial charge on any atom is -0.396 e. The fourth-order valence-corrected chi connectivity index (χ4v) is 1.56. The maximum atomic E-state index is 8.57. The Morgan fingerprint density at radius 3 is 2.67 bits per heavy atom. The molecule has 2 atom stereocenters. The van der Waals surface area contributed by atoms with Crippen LogP contribution in [0.2, 0.25) is 0 Å². The molecule has 0 heterocycles. The number of rotatable bonds is 2. The lowest BCUT2D eigenvalue weighted by atomic mass is 10.1. The van der Waals surface area contributed by atoms with Crippen molar-refractivity contribution in [3.63, 3.8) is 0 Å². The van der Waals surface area contributed by atoms with E-state index < -0.39 is 0 Å². The van der Waals surface area contributed by atoms with Gasteiger partial charge in [0, 0.05) is 12.6 Å². The van der Waals surface area contributed by atoms with Crippen LogP contribution in [0.25, 0.3) is 0 Å². The molecule has 54 valence electrons. The minimum absolute atomic E-state index is 0.331. The van der Waals surface area contributed by atoms with E-state index >= 15 is 0 Å². The molecule has 3 N–H and O–H groups in total. The summed E-state index contributed by atoms with van der Waals surface area (Å²) in [7, 11) is 0. The fraction of sp³-hybridized carbons (Fsp3) is 1.00. The summed E-state index contributed by atoms with van der Waals surface area (Å²) in [6, 6.07) is 0.418. The molecular formula is C7H15NO. The molecule has 0 aromatic carbocycles. The maximum Gasteiger partial charge on any atom is 0.0433 e. The Balaban J connectivity index is 2.14. The molecule has 1 fully saturated rings. The third kappa shape index (κ3) is 1.95. The lowest BCUT2D eigenvalue weighted by molar-refractivity contribution is 0.258. The van der Waals surface area contributed by atoms with Crippen LogP contribution in [0.3, 0.4) is 0 Å². The van der Waals surface area contributed by atoms with Gasteiger partial charge in [-0.3, -0.25) is 0 Å². The summed E-state index contributed by atoms with van der Waals surface area (Å²) in [6.07, 6.45) is 4.46. The topological polar surface area (TPSA) is 46.2 Å². The standard InChI is InChI=1S/C7H15NO/c8-7-2-1-6(5-7)3-4-9/h6-7,9H,1-5,8H2/t6-,7-/m0/s1. The lowest BCUT2D eigenvalue weighted by Crippen LogP contribution is -2.14. The molecule has 2 heteroatoms. The third-order valence-electron chi connectivity index (χ3n) is 2.12. The van der Waals surface area contributed by atoms with Gasteiger partial charge in [0.1, 0.15) is 0 Å². The SMILES string of the molecule is N[C@H]1CC[C@@H](CCO)C1. The van der Waals surface area contributed by atoms with Crippen LogP contribution >= 0.6 is 0 Å². The summed E-state index contributed by atoms with van der Waals surface area (Å²) in [6.45, 7) is 0.331. The molecule has 0 amide bonds. The monoisotopic (exact) mass is 129 g/mol. The van der Waals surface area contributed by atoms with Crippen molar-refractivity contribution in [2.45, 2.75) is 31.7 Å². The fourth-order valence-electron chi connectivity index (χ4n) is 1.56. The van der Waals surface area contributed by atoms with Crippen molar-refractivity contribution in [3.8, 4) is 0 Å². The molecule has 0 saturated heterocycles. The summed E-state index contributed by atoms with van der Waals surface area (Å²) in [4.78, 5) is 0. The van der Waals surface area contributed by atoms with E-state index in [4.69, 9.17) is 10.8 Å². The van der Waals surface area contributed by atoms with E-state index in [0.717, 1.165) is 19.3 Å². The smallest absolute Gasteiger partial charge is 0.0433 e. The normalized spacial score (nSPS) is 35.3. The maximum absolute atomic E-state index is 8.57. The molecule has 0 aromatic rings. The van der Waals surface area contributed by atoms with Crippen LogP contribution in [0.4, 0.5) is 0 Å². The Bertz CT molecular complexity index is 83.0. The van der Waals surface area contributed by atoms with Crippen molar-refractivity contribution in [1.82, 2.24) is 0 Å². The average molecular weight is 129 g/mol. The average Bonchev–Trinajstić information content (AvgIpc) is 2.17. The summed E-state index contributed by atoms with van der Waals surface area (Å²) in [5.41, 5.74) is 5.67. The van der Waals surface area contributed by atoms with E-state index in [1.807, 2.05) is 0 Å². The highest BCUT2D eigenvalue weighted by Gasteiger charge is 2.20. The van der Waals surface area contributed by atoms with Crippen molar-refractivity contribution in [2.75, 3.05) is 6.61 Å². The van der Waals surface area contributed by atoms with E-state index in [1.165, 1.54) is 6.42 Å². The molecule has 0 spiro atoms. The summed E-state index contributed by atoms with van der Waals surface area (Å²) < 4.78 is 0. The zero-order valence-electron chi connectivity index (χ0n) is 5.71. The predicted molar refractivity (Wildman–Crippen MR) is 37.0 cm³/mol. The second-order valence-corrected chi connectivity index (χ2v) is 2.95. The van der Waals surface area contributed by atoms with Crippen molar-refractivity contribution < 1.29 is 5.11 Å². The van der Waals surface area contributed by atoms with Crippen LogP contribution in [0.15, 0.2) is 0 Å². The first-order valence-corrected chi connectivity index (χ1v) is 3.69. The van der Waals surface area contributed by atoms with Crippen molar-refractivity contribution >= 4 is 0 Å². The van der Waals surface area contributed by atoms with Gasteiger partial charge in [-0.1, -0.05) is 0 Å². The van der Waals surface area contributed by atoms with Crippen molar-refractivity contribution in [1.29, 1.82) is 0 Å². The molecular weight excluding hydrogens is 114 g/mol. The first-order valence-electron chi connectivity index (χ1n) is 3.69. The van der Waals surface area contributed by atoms with Gasteiger partial charge < -0.3 is 10.8 Å². The molecule has 0 aliphatic heterocycles. The van der Waals surface area contributed by atoms with E-state index in [-0.39, 0.29) is 0 Å². The Hall–Kier alpha value is -0.0800. The number of hydrogen-bond donors (Lipinski definition) is 2. The summed E-state index contributed by atoms with van der Waals surface area (Å²) in [5, 5.41) is 8.57. The van der Waals surface area contributed by atoms with Gasteiger partial charge >= 0.3 is 0 Å². The first-order chi connectivity index (χ1) is 4.33. The molecule has 1 rings (SSSR count). The molecule has 2 nitrogen and oxygen atoms in total.